The zero-order chi connectivity index (χ0) is 9.40. The van der Waals surface area contributed by atoms with E-state index in [1.807, 2.05) is 6.92 Å². The maximum atomic E-state index is 10.8. The van der Waals surface area contributed by atoms with Gasteiger partial charge in [-0.05, 0) is 0 Å². The van der Waals surface area contributed by atoms with Crippen LogP contribution in [0.3, 0.4) is 0 Å². The van der Waals surface area contributed by atoms with Crippen molar-refractivity contribution in [1.29, 1.82) is 0 Å². The van der Waals surface area contributed by atoms with Crippen LogP contribution in [0.15, 0.2) is 12.3 Å². The lowest BCUT2D eigenvalue weighted by molar-refractivity contribution is -0.131. The van der Waals surface area contributed by atoms with Gasteiger partial charge in [0, 0.05) is 41.1 Å². The van der Waals surface area contributed by atoms with Crippen molar-refractivity contribution in [2.24, 2.45) is 0 Å². The van der Waals surface area contributed by atoms with Gasteiger partial charge < -0.3 is 10.4 Å². The molecule has 0 aromatic rings. The Bertz CT molecular complexity index is 191. The lowest BCUT2D eigenvalue weighted by Crippen LogP contribution is -2.16. The number of carboxylic acids is 1. The van der Waals surface area contributed by atoms with E-state index in [4.69, 9.17) is 5.11 Å². The molecule has 0 rings (SSSR count). The summed E-state index contributed by atoms with van der Waals surface area (Å²) in [5, 5.41) is 10.9. The van der Waals surface area contributed by atoms with Gasteiger partial charge in [0.05, 0.1) is 0 Å². The third-order valence-electron chi connectivity index (χ3n) is 1.14. The van der Waals surface area contributed by atoms with Gasteiger partial charge in [0.1, 0.15) is 0 Å². The fraction of sp³-hybridized carbons (Fsp3) is 0.571. The maximum Gasteiger partial charge on any atom is 0.329 e. The van der Waals surface area contributed by atoms with Crippen LogP contribution in [0.25, 0.3) is 0 Å². The van der Waals surface area contributed by atoms with E-state index in [0.29, 0.717) is 18.1 Å². The van der Waals surface area contributed by atoms with Gasteiger partial charge in [-0.15, -0.1) is 0 Å². The van der Waals surface area contributed by atoms with E-state index in [0.717, 1.165) is 6.08 Å². The zero-order valence-corrected chi connectivity index (χ0v) is 7.76. The molecule has 0 fully saturated rings. The van der Waals surface area contributed by atoms with Crippen LogP contribution in [0.2, 0.25) is 0 Å². The molecule has 0 spiro atoms. The molecule has 0 aliphatic carbocycles. The summed E-state index contributed by atoms with van der Waals surface area (Å²) in [6.45, 7) is 2.40. The van der Waals surface area contributed by atoms with Crippen LogP contribution in [-0.4, -0.2) is 33.3 Å². The Kier molecular flexibility index (Phi) is 6.37. The van der Waals surface area contributed by atoms with Crippen LogP contribution in [0.4, 0.5) is 0 Å². The van der Waals surface area contributed by atoms with Crippen molar-refractivity contribution < 1.29 is 14.1 Å². The molecule has 1 unspecified atom stereocenters. The minimum atomic E-state index is -0.987. The van der Waals surface area contributed by atoms with Gasteiger partial charge in [-0.2, -0.15) is 0 Å². The van der Waals surface area contributed by atoms with Gasteiger partial charge in [-0.25, -0.2) is 4.79 Å². The molecule has 0 bridgehead atoms. The smallest absolute Gasteiger partial charge is 0.329 e. The number of aliphatic carboxylic acids is 1. The molecule has 0 aliphatic heterocycles. The first kappa shape index (κ1) is 11.2. The van der Waals surface area contributed by atoms with Gasteiger partial charge in [0.25, 0.3) is 0 Å². The van der Waals surface area contributed by atoms with E-state index in [1.54, 1.807) is 0 Å². The Morgan fingerprint density at radius 3 is 2.83 bits per heavy atom. The molecule has 70 valence electrons. The third-order valence-corrected chi connectivity index (χ3v) is 2.44. The van der Waals surface area contributed by atoms with E-state index in [1.165, 1.54) is 6.20 Å². The average Bonchev–Trinajstić information content (AvgIpc) is 2.03. The molecular weight excluding hydrogens is 178 g/mol. The fourth-order valence-electron chi connectivity index (χ4n) is 0.531. The summed E-state index contributed by atoms with van der Waals surface area (Å²) in [5.41, 5.74) is 0. The van der Waals surface area contributed by atoms with Crippen molar-refractivity contribution in [3.8, 4) is 0 Å². The highest BCUT2D eigenvalue weighted by Gasteiger charge is 1.92. The summed E-state index contributed by atoms with van der Waals surface area (Å²) >= 11 is 0. The normalized spacial score (nSPS) is 13.1. The molecule has 0 saturated carbocycles. The Hall–Kier alpha value is -0.840. The van der Waals surface area contributed by atoms with Crippen molar-refractivity contribution in [3.05, 3.63) is 12.3 Å². The number of carboxylic acid groups (broad SMARTS) is 1. The van der Waals surface area contributed by atoms with Gasteiger partial charge in [0.2, 0.25) is 0 Å². The topological polar surface area (TPSA) is 66.4 Å². The van der Waals surface area contributed by atoms with E-state index >= 15 is 0 Å². The fourth-order valence-corrected chi connectivity index (χ4v) is 1.16. The molecule has 0 heterocycles. The molecule has 0 saturated heterocycles. The third kappa shape index (κ3) is 7.27. The van der Waals surface area contributed by atoms with Crippen LogP contribution in [0.5, 0.6) is 0 Å². The number of carbonyl (C=O) groups is 1. The largest absolute Gasteiger partial charge is 0.478 e. The predicted octanol–water partition coefficient (Wildman–Crippen LogP) is -0.0571. The molecule has 0 amide bonds. The number of hydrogen-bond acceptors (Lipinski definition) is 3. The molecule has 2 N–H and O–H groups in total. The van der Waals surface area contributed by atoms with Crippen molar-refractivity contribution >= 4 is 16.8 Å². The summed E-state index contributed by atoms with van der Waals surface area (Å²) in [7, 11) is -0.785. The average molecular weight is 191 g/mol. The molecule has 1 atom stereocenters. The Morgan fingerprint density at radius 1 is 1.67 bits per heavy atom. The van der Waals surface area contributed by atoms with Crippen LogP contribution in [0, 0.1) is 0 Å². The first-order valence-corrected chi connectivity index (χ1v) is 5.13. The highest BCUT2D eigenvalue weighted by Crippen LogP contribution is 1.78. The standard InChI is InChI=1S/C7H13NO3S/c1-2-12(11)6-5-8-4-3-7(9)10/h3-4,8H,2,5-6H2,1H3,(H,9,10)/b4-3+. The number of rotatable bonds is 6. The van der Waals surface area contributed by atoms with E-state index < -0.39 is 16.8 Å². The van der Waals surface area contributed by atoms with Gasteiger partial charge >= 0.3 is 5.97 Å². The molecular formula is C7H13NO3S. The summed E-state index contributed by atoms with van der Waals surface area (Å²) < 4.78 is 10.8. The Labute approximate surface area is 74.1 Å². The minimum Gasteiger partial charge on any atom is -0.478 e. The van der Waals surface area contributed by atoms with Crippen LogP contribution >= 0.6 is 0 Å². The van der Waals surface area contributed by atoms with Crippen molar-refractivity contribution in [3.63, 3.8) is 0 Å². The quantitative estimate of drug-likeness (QED) is 0.456. The number of nitrogens with one attached hydrogen (secondary N) is 1. The monoisotopic (exact) mass is 191 g/mol. The van der Waals surface area contributed by atoms with Crippen molar-refractivity contribution in [2.75, 3.05) is 18.1 Å². The second-order valence-corrected chi connectivity index (χ2v) is 3.92. The maximum absolute atomic E-state index is 10.8. The van der Waals surface area contributed by atoms with Gasteiger partial charge in [-0.1, -0.05) is 6.92 Å². The van der Waals surface area contributed by atoms with Crippen LogP contribution in [-0.2, 0) is 15.6 Å². The van der Waals surface area contributed by atoms with Gasteiger partial charge in [0.15, 0.2) is 0 Å². The molecule has 5 heteroatoms. The Balaban J connectivity index is 3.33. The lowest BCUT2D eigenvalue weighted by atomic mass is 10.6. The van der Waals surface area contributed by atoms with Crippen LogP contribution < -0.4 is 5.32 Å². The van der Waals surface area contributed by atoms with E-state index in [2.05, 4.69) is 5.32 Å². The molecule has 0 radical (unpaired) electrons. The first-order valence-electron chi connectivity index (χ1n) is 3.64. The molecule has 4 nitrogen and oxygen atoms in total. The highest BCUT2D eigenvalue weighted by molar-refractivity contribution is 7.84. The predicted molar refractivity (Wildman–Crippen MR) is 48.3 cm³/mol. The molecule has 0 aromatic carbocycles. The zero-order valence-electron chi connectivity index (χ0n) is 6.95. The first-order chi connectivity index (χ1) is 5.66. The molecule has 0 aliphatic rings. The summed E-state index contributed by atoms with van der Waals surface area (Å²) in [5.74, 6) is 0.212. The minimum absolute atomic E-state index is 0.546. The lowest BCUT2D eigenvalue weighted by Gasteiger charge is -1.98. The number of hydrogen-bond donors (Lipinski definition) is 2. The Morgan fingerprint density at radius 2 is 2.33 bits per heavy atom. The van der Waals surface area contributed by atoms with Crippen molar-refractivity contribution in [1.82, 2.24) is 5.32 Å². The summed E-state index contributed by atoms with van der Waals surface area (Å²) in [4.78, 5) is 9.97. The second kappa shape index (κ2) is 6.84. The van der Waals surface area contributed by atoms with E-state index in [-0.39, 0.29) is 0 Å². The van der Waals surface area contributed by atoms with Crippen molar-refractivity contribution in [2.45, 2.75) is 6.92 Å². The highest BCUT2D eigenvalue weighted by atomic mass is 32.2. The second-order valence-electron chi connectivity index (χ2n) is 2.06. The summed E-state index contributed by atoms with van der Waals surface area (Å²) in [6.07, 6.45) is 2.35. The van der Waals surface area contributed by atoms with Crippen LogP contribution in [0.1, 0.15) is 6.92 Å². The molecule has 12 heavy (non-hydrogen) atoms. The van der Waals surface area contributed by atoms with E-state index in [9.17, 15) is 9.00 Å². The SMILES string of the molecule is CCS(=O)CCN/C=C/C(=O)O. The molecule has 0 aromatic heterocycles. The van der Waals surface area contributed by atoms with Gasteiger partial charge in [-0.3, -0.25) is 4.21 Å². The summed E-state index contributed by atoms with van der Waals surface area (Å²) in [6, 6.07) is 0.